The minimum absolute atomic E-state index is 0.116. The van der Waals surface area contributed by atoms with Crippen molar-refractivity contribution in [1.82, 2.24) is 0 Å². The van der Waals surface area contributed by atoms with Crippen molar-refractivity contribution >= 4 is 16.6 Å². The number of carbonyl (C=O) groups is 1. The first kappa shape index (κ1) is 13.4. The summed E-state index contributed by atoms with van der Waals surface area (Å²) in [7, 11) is -0.801. The first-order valence-corrected chi connectivity index (χ1v) is 8.00. The second kappa shape index (κ2) is 5.10. The molecule has 0 N–H and O–H groups in total. The van der Waals surface area contributed by atoms with Crippen LogP contribution in [0.2, 0.25) is 0 Å². The largest absolute Gasteiger partial charge is 0.294 e. The summed E-state index contributed by atoms with van der Waals surface area (Å²) in [4.78, 5) is 12.5. The van der Waals surface area contributed by atoms with Crippen molar-refractivity contribution in [2.75, 3.05) is 0 Å². The third kappa shape index (κ3) is 2.29. The van der Waals surface area contributed by atoms with E-state index in [9.17, 15) is 13.4 Å². The number of hydrogen-bond acceptors (Lipinski definition) is 3. The van der Waals surface area contributed by atoms with Crippen LogP contribution in [-0.4, -0.2) is 20.5 Å². The van der Waals surface area contributed by atoms with Crippen molar-refractivity contribution in [3.63, 3.8) is 0 Å². The molecule has 104 valence electrons. The molecule has 0 saturated carbocycles. The molecule has 3 nitrogen and oxygen atoms in total. The number of ketones is 1. The zero-order chi connectivity index (χ0) is 14.3. The van der Waals surface area contributed by atoms with Gasteiger partial charge in [-0.05, 0) is 43.9 Å². The van der Waals surface area contributed by atoms with Crippen molar-refractivity contribution < 1.29 is 13.4 Å². The fourth-order valence-corrected chi connectivity index (χ4v) is 5.40. The number of carbonyl (C=O) groups excluding carboxylic acids is 1. The molecule has 2 saturated heterocycles. The lowest BCUT2D eigenvalue weighted by atomic mass is 9.90. The maximum atomic E-state index is 13.4. The molecule has 2 bridgehead atoms. The monoisotopic (exact) mass is 291 g/mol. The molecule has 2 aliphatic heterocycles. The van der Waals surface area contributed by atoms with Gasteiger partial charge in [0.2, 0.25) is 0 Å². The number of benzene rings is 1. The van der Waals surface area contributed by atoms with Gasteiger partial charge < -0.3 is 0 Å². The third-order valence-electron chi connectivity index (χ3n) is 4.24. The van der Waals surface area contributed by atoms with E-state index in [0.717, 1.165) is 18.9 Å². The Kier molecular flexibility index (Phi) is 3.43. The van der Waals surface area contributed by atoms with Gasteiger partial charge in [-0.3, -0.25) is 9.00 Å². The molecule has 20 heavy (non-hydrogen) atoms. The second-order valence-corrected chi connectivity index (χ2v) is 7.51. The van der Waals surface area contributed by atoms with Crippen LogP contribution in [0.5, 0.6) is 0 Å². The van der Waals surface area contributed by atoms with Crippen LogP contribution in [0.1, 0.15) is 41.6 Å². The summed E-state index contributed by atoms with van der Waals surface area (Å²) < 4.78 is 25.4. The van der Waals surface area contributed by atoms with E-state index in [2.05, 4.69) is 0 Å². The smallest absolute Gasteiger partial charge is 0.166 e. The van der Waals surface area contributed by atoms with Gasteiger partial charge in [0.05, 0.1) is 11.6 Å². The molecule has 2 aliphatic rings. The lowest BCUT2D eigenvalue weighted by Gasteiger charge is -2.26. The Hall–Kier alpha value is -1.54. The van der Waals surface area contributed by atoms with Crippen LogP contribution in [0, 0.1) is 23.1 Å². The van der Waals surface area contributed by atoms with Gasteiger partial charge in [-0.1, -0.05) is 0 Å². The summed E-state index contributed by atoms with van der Waals surface area (Å²) in [6, 6.07) is 5.62. The number of nitrogens with zero attached hydrogens (tertiary/aromatic N) is 1. The Morgan fingerprint density at radius 1 is 1.25 bits per heavy atom. The summed E-state index contributed by atoms with van der Waals surface area (Å²) in [6.07, 6.45) is 3.10. The third-order valence-corrected chi connectivity index (χ3v) is 6.42. The molecule has 1 aromatic rings. The molecular formula is C15H14FNO2S. The Bertz CT molecular complexity index is 621. The summed E-state index contributed by atoms with van der Waals surface area (Å²) in [5.41, 5.74) is 0.425. The highest BCUT2D eigenvalue weighted by molar-refractivity contribution is 7.86. The van der Waals surface area contributed by atoms with E-state index < -0.39 is 16.6 Å². The average molecular weight is 291 g/mol. The topological polar surface area (TPSA) is 57.9 Å². The van der Waals surface area contributed by atoms with Gasteiger partial charge in [0.25, 0.3) is 0 Å². The van der Waals surface area contributed by atoms with Crippen molar-refractivity contribution in [2.24, 2.45) is 5.92 Å². The molecule has 0 spiro atoms. The second-order valence-electron chi connectivity index (χ2n) is 5.52. The molecule has 0 radical (unpaired) electrons. The lowest BCUT2D eigenvalue weighted by Crippen LogP contribution is -2.32. The summed E-state index contributed by atoms with van der Waals surface area (Å²) in [5, 5.41) is 9.07. The van der Waals surface area contributed by atoms with Crippen LogP contribution >= 0.6 is 0 Å². The standard InChI is InChI=1S/C15H14FNO2S/c16-12-4-9(8-17)3-10(5-12)15(18)11-6-13-1-2-14(7-11)20(13)19/h3-5,11,13-14H,1-2,6-7H2. The first-order valence-electron chi connectivity index (χ1n) is 6.73. The highest BCUT2D eigenvalue weighted by atomic mass is 32.2. The van der Waals surface area contributed by atoms with Gasteiger partial charge in [0.15, 0.2) is 5.78 Å². The zero-order valence-electron chi connectivity index (χ0n) is 10.8. The molecule has 0 aliphatic carbocycles. The molecule has 2 heterocycles. The van der Waals surface area contributed by atoms with Gasteiger partial charge in [-0.2, -0.15) is 5.26 Å². The predicted molar refractivity (Wildman–Crippen MR) is 73.1 cm³/mol. The SMILES string of the molecule is N#Cc1cc(F)cc(C(=O)C2CC3CCC(C2)S3=O)c1. The van der Waals surface area contributed by atoms with Crippen molar-refractivity contribution in [2.45, 2.75) is 36.2 Å². The summed E-state index contributed by atoms with van der Waals surface area (Å²) >= 11 is 0. The molecule has 2 atom stereocenters. The summed E-state index contributed by atoms with van der Waals surface area (Å²) in [6.45, 7) is 0. The average Bonchev–Trinajstić information content (AvgIpc) is 2.67. The fourth-order valence-electron chi connectivity index (χ4n) is 3.28. The highest BCUT2D eigenvalue weighted by Crippen LogP contribution is 2.39. The van der Waals surface area contributed by atoms with E-state index in [1.807, 2.05) is 6.07 Å². The van der Waals surface area contributed by atoms with E-state index in [-0.39, 0.29) is 33.3 Å². The van der Waals surface area contributed by atoms with E-state index >= 15 is 0 Å². The molecule has 3 rings (SSSR count). The minimum Gasteiger partial charge on any atom is -0.294 e. The molecule has 2 unspecified atom stereocenters. The number of rotatable bonds is 2. The van der Waals surface area contributed by atoms with Gasteiger partial charge in [-0.15, -0.1) is 0 Å². The predicted octanol–water partition coefficient (Wildman–Crippen LogP) is 2.57. The summed E-state index contributed by atoms with van der Waals surface area (Å²) in [5.74, 6) is -0.858. The maximum Gasteiger partial charge on any atom is 0.166 e. The minimum atomic E-state index is -0.801. The van der Waals surface area contributed by atoms with Crippen LogP contribution < -0.4 is 0 Å². The van der Waals surface area contributed by atoms with Gasteiger partial charge in [-0.25, -0.2) is 4.39 Å². The zero-order valence-corrected chi connectivity index (χ0v) is 11.7. The van der Waals surface area contributed by atoms with Gasteiger partial charge in [0.1, 0.15) is 5.82 Å². The van der Waals surface area contributed by atoms with Crippen LogP contribution in [0.25, 0.3) is 0 Å². The number of fused-ring (bicyclic) bond motifs is 2. The molecule has 0 amide bonds. The number of hydrogen-bond donors (Lipinski definition) is 0. The maximum absolute atomic E-state index is 13.4. The van der Waals surface area contributed by atoms with Crippen molar-refractivity contribution in [3.8, 4) is 6.07 Å². The molecular weight excluding hydrogens is 277 g/mol. The molecule has 5 heteroatoms. The van der Waals surface area contributed by atoms with Crippen LogP contribution in [0.4, 0.5) is 4.39 Å². The molecule has 1 aromatic carbocycles. The van der Waals surface area contributed by atoms with E-state index in [1.54, 1.807) is 0 Å². The van der Waals surface area contributed by atoms with Crippen molar-refractivity contribution in [3.05, 3.63) is 35.1 Å². The Balaban J connectivity index is 1.85. The Morgan fingerprint density at radius 2 is 1.90 bits per heavy atom. The molecule has 2 fully saturated rings. The van der Waals surface area contributed by atoms with Gasteiger partial charge >= 0.3 is 0 Å². The van der Waals surface area contributed by atoms with Crippen LogP contribution in [0.3, 0.4) is 0 Å². The fraction of sp³-hybridized carbons (Fsp3) is 0.467. The van der Waals surface area contributed by atoms with Crippen LogP contribution in [-0.2, 0) is 10.8 Å². The van der Waals surface area contributed by atoms with Crippen molar-refractivity contribution in [1.29, 1.82) is 5.26 Å². The van der Waals surface area contributed by atoms with E-state index in [1.165, 1.54) is 12.1 Å². The number of nitriles is 1. The Morgan fingerprint density at radius 3 is 2.50 bits per heavy atom. The quantitative estimate of drug-likeness (QED) is 0.787. The lowest BCUT2D eigenvalue weighted by molar-refractivity contribution is 0.0905. The van der Waals surface area contributed by atoms with E-state index in [4.69, 9.17) is 5.26 Å². The van der Waals surface area contributed by atoms with E-state index in [0.29, 0.717) is 12.8 Å². The number of halogens is 1. The first-order chi connectivity index (χ1) is 9.58. The number of Topliss-reactive ketones (excluding diaryl/α,β-unsaturated/α-hetero) is 1. The van der Waals surface area contributed by atoms with Crippen LogP contribution in [0.15, 0.2) is 18.2 Å². The molecule has 0 aromatic heterocycles. The normalized spacial score (nSPS) is 31.8. The van der Waals surface area contributed by atoms with Gasteiger partial charge in [0, 0.05) is 32.8 Å². The Labute approximate surface area is 119 Å². The highest BCUT2D eigenvalue weighted by Gasteiger charge is 2.42.